The zero-order chi connectivity index (χ0) is 35.6. The van der Waals surface area contributed by atoms with E-state index in [1.54, 1.807) is 0 Å². The maximum absolute atomic E-state index is 2.47. The van der Waals surface area contributed by atoms with Crippen LogP contribution in [-0.2, 0) is 0 Å². The lowest BCUT2D eigenvalue weighted by Crippen LogP contribution is -2.15. The highest BCUT2D eigenvalue weighted by molar-refractivity contribution is 6.32. The molecule has 252 valence electrons. The summed E-state index contributed by atoms with van der Waals surface area (Å²) >= 11 is 0. The van der Waals surface area contributed by atoms with Gasteiger partial charge in [0, 0.05) is 38.8 Å². The van der Waals surface area contributed by atoms with E-state index in [2.05, 4.69) is 216 Å². The van der Waals surface area contributed by atoms with E-state index in [9.17, 15) is 0 Å². The van der Waals surface area contributed by atoms with Crippen molar-refractivity contribution in [3.8, 4) is 33.4 Å². The van der Waals surface area contributed by atoms with Crippen molar-refractivity contribution in [1.29, 1.82) is 0 Å². The second kappa shape index (κ2) is 12.2. The average Bonchev–Trinajstić information content (AvgIpc) is 3.25. The molecule has 2 nitrogen and oxygen atoms in total. The number of benzene rings is 10. The molecule has 0 unspecified atom stereocenters. The van der Waals surface area contributed by atoms with Crippen LogP contribution in [0.15, 0.2) is 206 Å². The maximum Gasteiger partial charge on any atom is 0.0547 e. The van der Waals surface area contributed by atoms with E-state index >= 15 is 0 Å². The first-order valence-electron chi connectivity index (χ1n) is 18.6. The van der Waals surface area contributed by atoms with Crippen LogP contribution in [0.25, 0.3) is 65.7 Å². The first-order valence-corrected chi connectivity index (χ1v) is 18.6. The van der Waals surface area contributed by atoms with Crippen molar-refractivity contribution in [1.82, 2.24) is 0 Å². The molecule has 10 aromatic carbocycles. The summed E-state index contributed by atoms with van der Waals surface area (Å²) in [6.07, 6.45) is 0. The van der Waals surface area contributed by atoms with Gasteiger partial charge in [-0.2, -0.15) is 0 Å². The molecular weight excluding hydrogens is 653 g/mol. The van der Waals surface area contributed by atoms with E-state index in [1.807, 2.05) is 0 Å². The molecule has 0 N–H and O–H groups in total. The summed E-state index contributed by atoms with van der Waals surface area (Å²) in [6, 6.07) is 75.2. The van der Waals surface area contributed by atoms with Gasteiger partial charge in [0.1, 0.15) is 0 Å². The van der Waals surface area contributed by atoms with Gasteiger partial charge in [-0.1, -0.05) is 146 Å². The topological polar surface area (TPSA) is 6.48 Å². The summed E-state index contributed by atoms with van der Waals surface area (Å²) in [6.45, 7) is 0. The van der Waals surface area contributed by atoms with Crippen molar-refractivity contribution in [3.05, 3.63) is 206 Å². The molecule has 10 aromatic rings. The van der Waals surface area contributed by atoms with Crippen molar-refractivity contribution in [2.75, 3.05) is 9.80 Å². The summed E-state index contributed by atoms with van der Waals surface area (Å²) in [4.78, 5) is 4.88. The molecule has 0 radical (unpaired) electrons. The summed E-state index contributed by atoms with van der Waals surface area (Å²) in [5.74, 6) is 0. The van der Waals surface area contributed by atoms with E-state index in [0.717, 1.165) is 22.7 Å². The number of nitrogens with zero attached hydrogens (tertiary/aromatic N) is 2. The molecular formula is C52H34N2. The van der Waals surface area contributed by atoms with Gasteiger partial charge in [0.2, 0.25) is 0 Å². The summed E-state index contributed by atoms with van der Waals surface area (Å²) in [7, 11) is 0. The highest BCUT2D eigenvalue weighted by Crippen LogP contribution is 2.55. The van der Waals surface area contributed by atoms with Crippen molar-refractivity contribution in [2.24, 2.45) is 0 Å². The predicted molar refractivity (Wildman–Crippen MR) is 229 cm³/mol. The molecule has 0 bridgehead atoms. The van der Waals surface area contributed by atoms with Gasteiger partial charge in [0.05, 0.1) is 17.1 Å². The Morgan fingerprint density at radius 1 is 0.333 bits per heavy atom. The van der Waals surface area contributed by atoms with Gasteiger partial charge >= 0.3 is 0 Å². The number of anilines is 6. The van der Waals surface area contributed by atoms with Crippen LogP contribution in [0.4, 0.5) is 34.1 Å². The van der Waals surface area contributed by atoms with E-state index in [1.165, 1.54) is 77.1 Å². The van der Waals surface area contributed by atoms with Gasteiger partial charge in [-0.25, -0.2) is 0 Å². The van der Waals surface area contributed by atoms with Gasteiger partial charge in [-0.05, 0) is 105 Å². The SMILES string of the molecule is c1ccc(-c2cccc(N(c3ccccc3)c3ccc4cc5c6c(ccc7ccc3c4c76)N(c3cccc(-c4ccccc4)c3)c3ccccc3-5)c2)cc1. The minimum atomic E-state index is 1.12. The molecule has 1 aliphatic rings. The molecule has 54 heavy (non-hydrogen) atoms. The van der Waals surface area contributed by atoms with Crippen LogP contribution in [0.3, 0.4) is 0 Å². The minimum absolute atomic E-state index is 1.12. The molecule has 0 aliphatic carbocycles. The fourth-order valence-electron chi connectivity index (χ4n) is 8.70. The molecule has 0 saturated carbocycles. The van der Waals surface area contributed by atoms with Gasteiger partial charge in [-0.15, -0.1) is 0 Å². The molecule has 0 atom stereocenters. The van der Waals surface area contributed by atoms with Gasteiger partial charge in [0.25, 0.3) is 0 Å². The zero-order valence-electron chi connectivity index (χ0n) is 29.5. The Kier molecular flexibility index (Phi) is 6.90. The molecule has 0 aromatic heterocycles. The van der Waals surface area contributed by atoms with Crippen LogP contribution in [0.2, 0.25) is 0 Å². The van der Waals surface area contributed by atoms with Crippen molar-refractivity contribution in [3.63, 3.8) is 0 Å². The molecule has 2 heteroatoms. The largest absolute Gasteiger partial charge is 0.310 e. The second-order valence-electron chi connectivity index (χ2n) is 14.1. The lowest BCUT2D eigenvalue weighted by atomic mass is 9.84. The molecule has 0 spiro atoms. The Balaban J connectivity index is 1.17. The Bertz CT molecular complexity index is 2990. The lowest BCUT2D eigenvalue weighted by molar-refractivity contribution is 1.29. The first kappa shape index (κ1) is 30.5. The molecule has 0 amide bonds. The molecule has 0 fully saturated rings. The fraction of sp³-hybridized carbons (Fsp3) is 0. The fourth-order valence-corrected chi connectivity index (χ4v) is 8.70. The summed E-state index contributed by atoms with van der Waals surface area (Å²) in [5.41, 5.74) is 14.3. The summed E-state index contributed by atoms with van der Waals surface area (Å²) in [5, 5.41) is 7.63. The number of rotatable bonds is 6. The van der Waals surface area contributed by atoms with Crippen LogP contribution in [0.5, 0.6) is 0 Å². The smallest absolute Gasteiger partial charge is 0.0547 e. The van der Waals surface area contributed by atoms with Gasteiger partial charge in [-0.3, -0.25) is 0 Å². The monoisotopic (exact) mass is 686 g/mol. The third-order valence-corrected chi connectivity index (χ3v) is 11.1. The van der Waals surface area contributed by atoms with Crippen LogP contribution in [0.1, 0.15) is 0 Å². The molecule has 1 aliphatic heterocycles. The van der Waals surface area contributed by atoms with E-state index in [0.29, 0.717) is 0 Å². The number of para-hydroxylation sites is 2. The van der Waals surface area contributed by atoms with Gasteiger partial charge < -0.3 is 9.80 Å². The van der Waals surface area contributed by atoms with Crippen LogP contribution in [0, 0.1) is 0 Å². The Morgan fingerprint density at radius 2 is 0.944 bits per heavy atom. The highest BCUT2D eigenvalue weighted by Gasteiger charge is 2.29. The Labute approximate surface area is 314 Å². The molecule has 0 saturated heterocycles. The van der Waals surface area contributed by atoms with Crippen LogP contribution < -0.4 is 9.80 Å². The minimum Gasteiger partial charge on any atom is -0.310 e. The third kappa shape index (κ3) is 4.74. The van der Waals surface area contributed by atoms with E-state index in [-0.39, 0.29) is 0 Å². The van der Waals surface area contributed by atoms with E-state index < -0.39 is 0 Å². The lowest BCUT2D eigenvalue weighted by Gasteiger charge is -2.35. The average molecular weight is 687 g/mol. The molecule has 11 rings (SSSR count). The van der Waals surface area contributed by atoms with E-state index in [4.69, 9.17) is 0 Å². The number of hydrogen-bond acceptors (Lipinski definition) is 2. The zero-order valence-corrected chi connectivity index (χ0v) is 29.5. The predicted octanol–water partition coefficient (Wildman–Crippen LogP) is 14.8. The Hall–Kier alpha value is -7.16. The third-order valence-electron chi connectivity index (χ3n) is 11.1. The van der Waals surface area contributed by atoms with Gasteiger partial charge in [0.15, 0.2) is 0 Å². The molecule has 1 heterocycles. The van der Waals surface area contributed by atoms with Crippen molar-refractivity contribution >= 4 is 66.4 Å². The quantitative estimate of drug-likeness (QED) is 0.161. The Morgan fingerprint density at radius 3 is 1.72 bits per heavy atom. The summed E-state index contributed by atoms with van der Waals surface area (Å²) < 4.78 is 0. The number of hydrogen-bond donors (Lipinski definition) is 0. The standard InChI is InChI=1S/C52H34N2/c1-4-14-35(15-5-1)38-18-12-22-42(32-38)53(41-20-8-3-9-21-41)48-30-28-40-34-46-44-24-10-11-25-47(44)54(43-23-13-19-39(33-43)36-16-6-2-7-17-36)49-31-27-37-26-29-45(48)50(40)51(37)52(46)49/h1-34H. The van der Waals surface area contributed by atoms with Crippen LogP contribution >= 0.6 is 0 Å². The first-order chi connectivity index (χ1) is 26.8. The van der Waals surface area contributed by atoms with Crippen LogP contribution in [-0.4, -0.2) is 0 Å². The normalized spacial score (nSPS) is 12.0. The second-order valence-corrected chi connectivity index (χ2v) is 14.1. The van der Waals surface area contributed by atoms with Crippen molar-refractivity contribution in [2.45, 2.75) is 0 Å². The maximum atomic E-state index is 2.47. The van der Waals surface area contributed by atoms with Crippen molar-refractivity contribution < 1.29 is 0 Å². The number of fused-ring (bicyclic) bond motifs is 2. The highest BCUT2D eigenvalue weighted by atomic mass is 15.2.